The van der Waals surface area contributed by atoms with E-state index in [9.17, 15) is 13.2 Å². The number of carbonyl (C=O) groups is 1. The normalized spacial score (nSPS) is 11.0. The fourth-order valence-electron chi connectivity index (χ4n) is 3.02. The van der Waals surface area contributed by atoms with Gasteiger partial charge in [-0.2, -0.15) is 0 Å². The second-order valence-electron chi connectivity index (χ2n) is 6.79. The van der Waals surface area contributed by atoms with Crippen molar-refractivity contribution in [2.75, 3.05) is 37.4 Å². The third-order valence-corrected chi connectivity index (χ3v) is 5.74. The zero-order chi connectivity index (χ0) is 22.0. The van der Waals surface area contributed by atoms with E-state index in [1.54, 1.807) is 37.4 Å². The van der Waals surface area contributed by atoms with E-state index in [4.69, 9.17) is 9.47 Å². The lowest BCUT2D eigenvalue weighted by molar-refractivity contribution is -0.121. The Kier molecular flexibility index (Phi) is 8.98. The summed E-state index contributed by atoms with van der Waals surface area (Å²) < 4.78 is 36.6. The minimum Gasteiger partial charge on any atom is -0.497 e. The molecule has 2 aromatic rings. The average molecular weight is 435 g/mol. The van der Waals surface area contributed by atoms with Crippen LogP contribution in [0.4, 0.5) is 5.69 Å². The second-order valence-corrected chi connectivity index (χ2v) is 8.70. The third-order valence-electron chi connectivity index (χ3n) is 4.56. The van der Waals surface area contributed by atoms with Gasteiger partial charge in [-0.1, -0.05) is 25.1 Å². The van der Waals surface area contributed by atoms with Crippen LogP contribution in [-0.2, 0) is 21.2 Å². The number of aryl methyl sites for hydroxylation is 1. The molecule has 164 valence electrons. The minimum absolute atomic E-state index is 0.134. The molecule has 2 aromatic carbocycles. The molecule has 0 aliphatic rings. The van der Waals surface area contributed by atoms with E-state index in [-0.39, 0.29) is 18.9 Å². The number of methoxy groups -OCH3 is 1. The molecular weight excluding hydrogens is 404 g/mol. The lowest BCUT2D eigenvalue weighted by Crippen LogP contribution is -2.33. The van der Waals surface area contributed by atoms with Crippen LogP contribution in [0.25, 0.3) is 0 Å². The SMILES string of the molecule is CCc1ccccc1N(CCCC(=O)NCCOc1ccc(OC)cc1)S(C)(=O)=O. The minimum atomic E-state index is -3.43. The predicted molar refractivity (Wildman–Crippen MR) is 119 cm³/mol. The van der Waals surface area contributed by atoms with Gasteiger partial charge in [0.1, 0.15) is 18.1 Å². The Balaban J connectivity index is 1.77. The smallest absolute Gasteiger partial charge is 0.232 e. The fourth-order valence-corrected chi connectivity index (χ4v) is 4.02. The number of para-hydroxylation sites is 1. The van der Waals surface area contributed by atoms with Crippen molar-refractivity contribution in [1.29, 1.82) is 0 Å². The highest BCUT2D eigenvalue weighted by molar-refractivity contribution is 7.92. The maximum atomic E-state index is 12.3. The van der Waals surface area contributed by atoms with Gasteiger partial charge in [0.2, 0.25) is 15.9 Å². The number of rotatable bonds is 12. The highest BCUT2D eigenvalue weighted by atomic mass is 32.2. The van der Waals surface area contributed by atoms with Gasteiger partial charge in [0.05, 0.1) is 25.6 Å². The quantitative estimate of drug-likeness (QED) is 0.519. The number of carbonyl (C=O) groups excluding carboxylic acids is 1. The van der Waals surface area contributed by atoms with Crippen LogP contribution in [0.5, 0.6) is 11.5 Å². The van der Waals surface area contributed by atoms with Gasteiger partial charge in [-0.05, 0) is 48.7 Å². The summed E-state index contributed by atoms with van der Waals surface area (Å²) in [6, 6.07) is 14.6. The molecule has 8 heteroatoms. The van der Waals surface area contributed by atoms with Gasteiger partial charge in [0, 0.05) is 13.0 Å². The summed E-state index contributed by atoms with van der Waals surface area (Å²) in [6.45, 7) is 2.96. The van der Waals surface area contributed by atoms with Crippen LogP contribution >= 0.6 is 0 Å². The summed E-state index contributed by atoms with van der Waals surface area (Å²) in [5.74, 6) is 1.31. The van der Waals surface area contributed by atoms with E-state index >= 15 is 0 Å². The molecule has 0 aromatic heterocycles. The van der Waals surface area contributed by atoms with Crippen LogP contribution in [0.15, 0.2) is 48.5 Å². The molecule has 0 radical (unpaired) electrons. The molecule has 0 bridgehead atoms. The Morgan fingerprint density at radius 2 is 1.73 bits per heavy atom. The zero-order valence-electron chi connectivity index (χ0n) is 17.8. The molecule has 30 heavy (non-hydrogen) atoms. The summed E-state index contributed by atoms with van der Waals surface area (Å²) >= 11 is 0. The van der Waals surface area contributed by atoms with Crippen molar-refractivity contribution >= 4 is 21.6 Å². The first-order valence-corrected chi connectivity index (χ1v) is 11.8. The van der Waals surface area contributed by atoms with E-state index in [1.165, 1.54) is 10.6 Å². The van der Waals surface area contributed by atoms with Crippen molar-refractivity contribution in [3.05, 3.63) is 54.1 Å². The molecule has 0 unspecified atom stereocenters. The Morgan fingerprint density at radius 1 is 1.07 bits per heavy atom. The van der Waals surface area contributed by atoms with Crippen LogP contribution in [-0.4, -0.2) is 47.4 Å². The first-order chi connectivity index (χ1) is 14.3. The van der Waals surface area contributed by atoms with Crippen molar-refractivity contribution in [1.82, 2.24) is 5.32 Å². The van der Waals surface area contributed by atoms with Crippen LogP contribution < -0.4 is 19.1 Å². The Labute approximate surface area is 179 Å². The number of amides is 1. The van der Waals surface area contributed by atoms with Crippen molar-refractivity contribution in [2.24, 2.45) is 0 Å². The fraction of sp³-hybridized carbons (Fsp3) is 0.409. The van der Waals surface area contributed by atoms with Crippen LogP contribution in [0, 0.1) is 0 Å². The van der Waals surface area contributed by atoms with Gasteiger partial charge in [0.25, 0.3) is 0 Å². The first kappa shape index (κ1) is 23.5. The number of hydrogen-bond acceptors (Lipinski definition) is 5. The number of sulfonamides is 1. The highest BCUT2D eigenvalue weighted by Gasteiger charge is 2.19. The molecule has 0 spiro atoms. The largest absolute Gasteiger partial charge is 0.497 e. The number of nitrogens with one attached hydrogen (secondary N) is 1. The maximum Gasteiger partial charge on any atom is 0.232 e. The lowest BCUT2D eigenvalue weighted by Gasteiger charge is -2.24. The topological polar surface area (TPSA) is 84.9 Å². The van der Waals surface area contributed by atoms with E-state index < -0.39 is 10.0 Å². The molecular formula is C22H30N2O5S. The van der Waals surface area contributed by atoms with Crippen molar-refractivity contribution in [2.45, 2.75) is 26.2 Å². The lowest BCUT2D eigenvalue weighted by atomic mass is 10.1. The van der Waals surface area contributed by atoms with Gasteiger partial charge >= 0.3 is 0 Å². The molecule has 0 atom stereocenters. The number of hydrogen-bond donors (Lipinski definition) is 1. The standard InChI is InChI=1S/C22H30N2O5S/c1-4-18-8-5-6-9-21(18)24(30(3,26)27)16-7-10-22(25)23-15-17-29-20-13-11-19(28-2)12-14-20/h5-6,8-9,11-14H,4,7,10,15-17H2,1-3H3,(H,23,25). The summed E-state index contributed by atoms with van der Waals surface area (Å²) in [5, 5.41) is 2.79. The van der Waals surface area contributed by atoms with Crippen molar-refractivity contribution in [3.8, 4) is 11.5 Å². The Hall–Kier alpha value is -2.74. The molecule has 0 fully saturated rings. The molecule has 7 nitrogen and oxygen atoms in total. The van der Waals surface area contributed by atoms with E-state index in [2.05, 4.69) is 5.32 Å². The van der Waals surface area contributed by atoms with Crippen LogP contribution in [0.3, 0.4) is 0 Å². The third kappa shape index (κ3) is 7.26. The first-order valence-electron chi connectivity index (χ1n) is 9.94. The van der Waals surface area contributed by atoms with E-state index in [0.717, 1.165) is 17.7 Å². The predicted octanol–water partition coefficient (Wildman–Crippen LogP) is 3.00. The van der Waals surface area contributed by atoms with Crippen molar-refractivity contribution < 1.29 is 22.7 Å². The molecule has 0 saturated carbocycles. The number of nitrogens with zero attached hydrogens (tertiary/aromatic N) is 1. The Morgan fingerprint density at radius 3 is 2.37 bits per heavy atom. The molecule has 0 aliphatic heterocycles. The summed E-state index contributed by atoms with van der Waals surface area (Å²) in [7, 11) is -1.83. The zero-order valence-corrected chi connectivity index (χ0v) is 18.6. The molecule has 0 heterocycles. The van der Waals surface area contributed by atoms with Gasteiger partial charge in [-0.15, -0.1) is 0 Å². The number of anilines is 1. The monoisotopic (exact) mass is 434 g/mol. The summed E-state index contributed by atoms with van der Waals surface area (Å²) in [5.41, 5.74) is 1.64. The summed E-state index contributed by atoms with van der Waals surface area (Å²) in [6.07, 6.45) is 2.59. The van der Waals surface area contributed by atoms with Gasteiger partial charge in [-0.3, -0.25) is 9.10 Å². The molecule has 0 saturated heterocycles. The summed E-state index contributed by atoms with van der Waals surface area (Å²) in [4.78, 5) is 12.1. The maximum absolute atomic E-state index is 12.3. The Bertz CT molecular complexity index is 913. The molecule has 1 N–H and O–H groups in total. The average Bonchev–Trinajstić information content (AvgIpc) is 2.74. The van der Waals surface area contributed by atoms with E-state index in [1.807, 2.05) is 25.1 Å². The molecule has 0 aliphatic carbocycles. The van der Waals surface area contributed by atoms with Gasteiger partial charge in [0.15, 0.2) is 0 Å². The number of benzene rings is 2. The second kappa shape index (κ2) is 11.4. The van der Waals surface area contributed by atoms with Crippen LogP contribution in [0.2, 0.25) is 0 Å². The van der Waals surface area contributed by atoms with Gasteiger partial charge in [-0.25, -0.2) is 8.42 Å². The van der Waals surface area contributed by atoms with E-state index in [0.29, 0.717) is 31.0 Å². The van der Waals surface area contributed by atoms with Crippen molar-refractivity contribution in [3.63, 3.8) is 0 Å². The van der Waals surface area contributed by atoms with Crippen LogP contribution in [0.1, 0.15) is 25.3 Å². The highest BCUT2D eigenvalue weighted by Crippen LogP contribution is 2.24. The molecule has 2 rings (SSSR count). The molecule has 1 amide bonds. The van der Waals surface area contributed by atoms with Gasteiger partial charge < -0.3 is 14.8 Å². The number of ether oxygens (including phenoxy) is 2.